The summed E-state index contributed by atoms with van der Waals surface area (Å²) in [5.41, 5.74) is 0.738. The maximum absolute atomic E-state index is 11.4. The number of nitrogens with zero attached hydrogens (tertiary/aromatic N) is 1. The van der Waals surface area contributed by atoms with Gasteiger partial charge in [0.2, 0.25) is 0 Å². The summed E-state index contributed by atoms with van der Waals surface area (Å²) in [5.74, 6) is -0.530. The molecule has 0 heterocycles. The van der Waals surface area contributed by atoms with Gasteiger partial charge in [0.05, 0.1) is 12.0 Å². The zero-order valence-corrected chi connectivity index (χ0v) is 10.2. The van der Waals surface area contributed by atoms with Gasteiger partial charge in [-0.1, -0.05) is 12.1 Å². The van der Waals surface area contributed by atoms with Gasteiger partial charge in [-0.15, -0.1) is 11.6 Å². The Balaban J connectivity index is 2.82. The average molecular weight is 258 g/mol. The van der Waals surface area contributed by atoms with Gasteiger partial charge in [0, 0.05) is 18.6 Å². The number of esters is 1. The van der Waals surface area contributed by atoms with E-state index >= 15 is 0 Å². The molecule has 0 radical (unpaired) electrons. The van der Waals surface area contributed by atoms with Gasteiger partial charge in [0.25, 0.3) is 5.69 Å². The maximum Gasteiger partial charge on any atom is 0.326 e. The van der Waals surface area contributed by atoms with Crippen LogP contribution in [0.3, 0.4) is 0 Å². The number of ether oxygens (including phenoxy) is 1. The van der Waals surface area contributed by atoms with Crippen LogP contribution in [-0.4, -0.2) is 22.9 Å². The molecule has 92 valence electrons. The quantitative estimate of drug-likeness (QED) is 0.359. The molecule has 0 aliphatic carbocycles. The molecule has 1 unspecified atom stereocenters. The largest absolute Gasteiger partial charge is 0.468 e. The third kappa shape index (κ3) is 3.42. The topological polar surface area (TPSA) is 69.4 Å². The number of nitro benzene ring substituents is 1. The van der Waals surface area contributed by atoms with E-state index < -0.39 is 15.8 Å². The van der Waals surface area contributed by atoms with Crippen molar-refractivity contribution in [3.8, 4) is 0 Å². The first-order valence-electron chi connectivity index (χ1n) is 4.87. The van der Waals surface area contributed by atoms with Crippen molar-refractivity contribution in [3.63, 3.8) is 0 Å². The molecule has 0 fully saturated rings. The highest BCUT2D eigenvalue weighted by Crippen LogP contribution is 2.23. The number of benzene rings is 1. The fraction of sp³-hybridized carbons (Fsp3) is 0.364. The van der Waals surface area contributed by atoms with Gasteiger partial charge in [0.15, 0.2) is 0 Å². The Kier molecular flexibility index (Phi) is 4.07. The predicted octanol–water partition coefficient (Wildman–Crippen LogP) is 2.31. The molecule has 0 N–H and O–H groups in total. The highest BCUT2D eigenvalue weighted by Gasteiger charge is 2.31. The van der Waals surface area contributed by atoms with E-state index in [1.807, 2.05) is 0 Å². The number of alkyl halides is 1. The molecule has 0 aliphatic heterocycles. The Morgan fingerprint density at radius 2 is 2.00 bits per heavy atom. The molecular formula is C11H12ClNO4. The molecular weight excluding hydrogens is 246 g/mol. The van der Waals surface area contributed by atoms with Gasteiger partial charge < -0.3 is 4.74 Å². The Bertz CT molecular complexity index is 428. The first kappa shape index (κ1) is 13.4. The molecule has 6 heteroatoms. The van der Waals surface area contributed by atoms with Crippen LogP contribution >= 0.6 is 11.6 Å². The second-order valence-corrected chi connectivity index (χ2v) is 4.62. The first-order chi connectivity index (χ1) is 7.86. The summed E-state index contributed by atoms with van der Waals surface area (Å²) in [5, 5.41) is 10.5. The Labute approximate surface area is 103 Å². The fourth-order valence-electron chi connectivity index (χ4n) is 1.40. The number of nitro groups is 1. The van der Waals surface area contributed by atoms with Gasteiger partial charge >= 0.3 is 5.97 Å². The van der Waals surface area contributed by atoms with Gasteiger partial charge in [-0.3, -0.25) is 14.9 Å². The van der Waals surface area contributed by atoms with E-state index in [9.17, 15) is 14.9 Å². The van der Waals surface area contributed by atoms with Crippen molar-refractivity contribution in [3.05, 3.63) is 39.9 Å². The van der Waals surface area contributed by atoms with Crippen molar-refractivity contribution in [2.45, 2.75) is 18.2 Å². The molecule has 1 rings (SSSR count). The fourth-order valence-corrected chi connectivity index (χ4v) is 1.64. The van der Waals surface area contributed by atoms with E-state index in [2.05, 4.69) is 4.74 Å². The minimum absolute atomic E-state index is 0.00286. The normalized spacial score (nSPS) is 13.8. The smallest absolute Gasteiger partial charge is 0.326 e. The third-order valence-electron chi connectivity index (χ3n) is 2.29. The first-order valence-corrected chi connectivity index (χ1v) is 5.25. The summed E-state index contributed by atoms with van der Waals surface area (Å²) in [6.07, 6.45) is 0.249. The molecule has 0 bridgehead atoms. The Morgan fingerprint density at radius 1 is 1.47 bits per heavy atom. The van der Waals surface area contributed by atoms with Crippen molar-refractivity contribution >= 4 is 23.3 Å². The van der Waals surface area contributed by atoms with E-state index in [-0.39, 0.29) is 12.1 Å². The molecule has 0 saturated heterocycles. The van der Waals surface area contributed by atoms with Crippen LogP contribution in [0.25, 0.3) is 0 Å². The number of methoxy groups -OCH3 is 1. The zero-order valence-electron chi connectivity index (χ0n) is 9.47. The van der Waals surface area contributed by atoms with Crippen molar-refractivity contribution < 1.29 is 14.5 Å². The van der Waals surface area contributed by atoms with Crippen LogP contribution < -0.4 is 0 Å². The summed E-state index contributed by atoms with van der Waals surface area (Å²) < 4.78 is 4.57. The van der Waals surface area contributed by atoms with Crippen LogP contribution in [0.5, 0.6) is 0 Å². The van der Waals surface area contributed by atoms with E-state index in [1.54, 1.807) is 19.1 Å². The van der Waals surface area contributed by atoms with E-state index in [0.717, 1.165) is 5.56 Å². The lowest BCUT2D eigenvalue weighted by Crippen LogP contribution is -2.32. The minimum atomic E-state index is -1.16. The standard InChI is InChI=1S/C11H12ClNO4/c1-11(12,10(14)17-2)7-8-3-5-9(6-4-8)13(15)16/h3-6H,7H2,1-2H3. The number of hydrogen-bond acceptors (Lipinski definition) is 4. The minimum Gasteiger partial charge on any atom is -0.468 e. The maximum atomic E-state index is 11.4. The van der Waals surface area contributed by atoms with E-state index in [1.165, 1.54) is 19.2 Å². The van der Waals surface area contributed by atoms with Crippen molar-refractivity contribution in [1.82, 2.24) is 0 Å². The lowest BCUT2D eigenvalue weighted by molar-refractivity contribution is -0.384. The molecule has 5 nitrogen and oxygen atoms in total. The highest BCUT2D eigenvalue weighted by molar-refractivity contribution is 6.33. The van der Waals surface area contributed by atoms with Crippen LogP contribution in [0.4, 0.5) is 5.69 Å². The second-order valence-electron chi connectivity index (χ2n) is 3.79. The SMILES string of the molecule is COC(=O)C(C)(Cl)Cc1ccc([N+](=O)[O-])cc1. The van der Waals surface area contributed by atoms with Crippen LogP contribution in [0.2, 0.25) is 0 Å². The van der Waals surface area contributed by atoms with E-state index in [0.29, 0.717) is 0 Å². The summed E-state index contributed by atoms with van der Waals surface area (Å²) in [4.78, 5) is 20.2. The molecule has 0 aliphatic rings. The lowest BCUT2D eigenvalue weighted by atomic mass is 10.0. The molecule has 1 aromatic rings. The van der Waals surface area contributed by atoms with Gasteiger partial charge in [-0.2, -0.15) is 0 Å². The van der Waals surface area contributed by atoms with Crippen molar-refractivity contribution in [2.75, 3.05) is 7.11 Å². The summed E-state index contributed by atoms with van der Waals surface area (Å²) >= 11 is 6.02. The summed E-state index contributed by atoms with van der Waals surface area (Å²) in [6, 6.07) is 5.89. The van der Waals surface area contributed by atoms with Gasteiger partial charge in [0.1, 0.15) is 4.87 Å². The number of hydrogen-bond donors (Lipinski definition) is 0. The highest BCUT2D eigenvalue weighted by atomic mass is 35.5. The molecule has 0 amide bonds. The van der Waals surface area contributed by atoms with Gasteiger partial charge in [-0.25, -0.2) is 0 Å². The Morgan fingerprint density at radius 3 is 2.41 bits per heavy atom. The molecule has 1 atom stereocenters. The van der Waals surface area contributed by atoms with Crippen LogP contribution in [0.15, 0.2) is 24.3 Å². The average Bonchev–Trinajstić information content (AvgIpc) is 2.28. The number of halogens is 1. The third-order valence-corrected chi connectivity index (χ3v) is 2.58. The number of non-ortho nitro benzene ring substituents is 1. The van der Waals surface area contributed by atoms with Crippen molar-refractivity contribution in [2.24, 2.45) is 0 Å². The monoisotopic (exact) mass is 257 g/mol. The lowest BCUT2D eigenvalue weighted by Gasteiger charge is -2.18. The van der Waals surface area contributed by atoms with Crippen molar-refractivity contribution in [1.29, 1.82) is 0 Å². The van der Waals surface area contributed by atoms with Crippen LogP contribution in [0.1, 0.15) is 12.5 Å². The number of carbonyl (C=O) groups is 1. The van der Waals surface area contributed by atoms with E-state index in [4.69, 9.17) is 11.6 Å². The van der Waals surface area contributed by atoms with Crippen LogP contribution in [0, 0.1) is 10.1 Å². The van der Waals surface area contributed by atoms with Gasteiger partial charge in [-0.05, 0) is 12.5 Å². The van der Waals surface area contributed by atoms with Crippen LogP contribution in [-0.2, 0) is 16.0 Å². The molecule has 1 aromatic carbocycles. The zero-order chi connectivity index (χ0) is 13.1. The number of carbonyl (C=O) groups excluding carboxylic acids is 1. The molecule has 0 aromatic heterocycles. The summed E-state index contributed by atoms with van der Waals surface area (Å²) in [6.45, 7) is 1.54. The molecule has 0 spiro atoms. The Hall–Kier alpha value is -1.62. The predicted molar refractivity (Wildman–Crippen MR) is 63.1 cm³/mol. The molecule has 17 heavy (non-hydrogen) atoms. The molecule has 0 saturated carbocycles. The number of rotatable bonds is 4. The second kappa shape index (κ2) is 5.14. The summed E-state index contributed by atoms with van der Waals surface area (Å²) in [7, 11) is 1.26.